The van der Waals surface area contributed by atoms with Crippen LogP contribution in [0.1, 0.15) is 70.8 Å². The molecule has 0 aliphatic carbocycles. The first-order chi connectivity index (χ1) is 11.7. The molecule has 0 saturated carbocycles. The van der Waals surface area contributed by atoms with Crippen LogP contribution >= 0.6 is 0 Å². The second kappa shape index (κ2) is 10.6. The van der Waals surface area contributed by atoms with Crippen molar-refractivity contribution in [3.8, 4) is 5.75 Å². The summed E-state index contributed by atoms with van der Waals surface area (Å²) in [6, 6.07) is 8.46. The summed E-state index contributed by atoms with van der Waals surface area (Å²) in [4.78, 5) is 0. The summed E-state index contributed by atoms with van der Waals surface area (Å²) in [7, 11) is 0. The van der Waals surface area contributed by atoms with E-state index in [1.165, 1.54) is 56.9 Å². The number of para-hydroxylation sites is 1. The molecule has 0 aromatic heterocycles. The van der Waals surface area contributed by atoms with Crippen LogP contribution < -0.4 is 4.74 Å². The Kier molecular flexibility index (Phi) is 8.38. The van der Waals surface area contributed by atoms with Gasteiger partial charge in [0.25, 0.3) is 0 Å². The lowest BCUT2D eigenvalue weighted by Gasteiger charge is -2.13. The van der Waals surface area contributed by atoms with Gasteiger partial charge in [-0.15, -0.1) is 0 Å². The molecule has 0 N–H and O–H groups in total. The van der Waals surface area contributed by atoms with Gasteiger partial charge in [-0.25, -0.2) is 0 Å². The van der Waals surface area contributed by atoms with Gasteiger partial charge in [0.2, 0.25) is 0 Å². The largest absolute Gasteiger partial charge is 0.490 e. The van der Waals surface area contributed by atoms with Crippen molar-refractivity contribution in [2.75, 3.05) is 13.2 Å². The smallest absolute Gasteiger partial charge is 0.123 e. The molecule has 0 radical (unpaired) electrons. The van der Waals surface area contributed by atoms with Crippen LogP contribution in [0, 0.1) is 0 Å². The van der Waals surface area contributed by atoms with Crippen molar-refractivity contribution in [1.82, 2.24) is 0 Å². The van der Waals surface area contributed by atoms with E-state index >= 15 is 0 Å². The predicted molar refractivity (Wildman–Crippen MR) is 102 cm³/mol. The summed E-state index contributed by atoms with van der Waals surface area (Å²) in [6.07, 6.45) is 16.2. The van der Waals surface area contributed by atoms with Crippen LogP contribution in [0.3, 0.4) is 0 Å². The van der Waals surface area contributed by atoms with Crippen LogP contribution in [0.4, 0.5) is 0 Å². The minimum absolute atomic E-state index is 0.0416. The van der Waals surface area contributed by atoms with Crippen molar-refractivity contribution in [2.45, 2.75) is 77.2 Å². The molecule has 24 heavy (non-hydrogen) atoms. The van der Waals surface area contributed by atoms with Crippen molar-refractivity contribution >= 4 is 0 Å². The van der Waals surface area contributed by atoms with Crippen LogP contribution in [-0.4, -0.2) is 18.8 Å². The zero-order valence-electron chi connectivity index (χ0n) is 15.6. The number of allylic oxidation sites excluding steroid dienone is 2. The number of aryl methyl sites for hydroxylation is 1. The maximum absolute atomic E-state index is 5.98. The standard InChI is InChI=1S/C22H34O2/c1-3-4-5-6-7-8-9-10-11-12-15-20-16-13-14-17-21(20)23-18-22(2)19-24-22/h3-4,13-14,16-17H,5-12,15,18-19H2,1-2H3/b4-3+. The summed E-state index contributed by atoms with van der Waals surface area (Å²) < 4.78 is 11.4. The molecule has 1 unspecified atom stereocenters. The van der Waals surface area contributed by atoms with E-state index < -0.39 is 0 Å². The van der Waals surface area contributed by atoms with Crippen LogP contribution in [0.15, 0.2) is 36.4 Å². The number of benzene rings is 1. The zero-order chi connectivity index (χ0) is 17.1. The summed E-state index contributed by atoms with van der Waals surface area (Å²) in [5, 5.41) is 0. The van der Waals surface area contributed by atoms with E-state index in [2.05, 4.69) is 50.3 Å². The predicted octanol–water partition coefficient (Wildman–Crippen LogP) is 6.09. The van der Waals surface area contributed by atoms with Gasteiger partial charge >= 0.3 is 0 Å². The fraction of sp³-hybridized carbons (Fsp3) is 0.636. The number of hydrogen-bond acceptors (Lipinski definition) is 2. The van der Waals surface area contributed by atoms with Crippen molar-refractivity contribution in [3.63, 3.8) is 0 Å². The minimum Gasteiger partial charge on any atom is -0.490 e. The lowest BCUT2D eigenvalue weighted by molar-refractivity contribution is 0.201. The second-order valence-electron chi connectivity index (χ2n) is 7.22. The topological polar surface area (TPSA) is 21.8 Å². The molecule has 0 amide bonds. The van der Waals surface area contributed by atoms with Gasteiger partial charge in [0.1, 0.15) is 18.0 Å². The van der Waals surface area contributed by atoms with Crippen molar-refractivity contribution < 1.29 is 9.47 Å². The summed E-state index contributed by atoms with van der Waals surface area (Å²) in [5.74, 6) is 1.04. The van der Waals surface area contributed by atoms with E-state index in [4.69, 9.17) is 9.47 Å². The summed E-state index contributed by atoms with van der Waals surface area (Å²) in [5.41, 5.74) is 1.30. The Morgan fingerprint density at radius 3 is 2.42 bits per heavy atom. The molecule has 2 nitrogen and oxygen atoms in total. The molecule has 134 valence electrons. The lowest BCUT2D eigenvalue weighted by Crippen LogP contribution is -2.17. The second-order valence-corrected chi connectivity index (χ2v) is 7.22. The van der Waals surface area contributed by atoms with Crippen LogP contribution in [0.5, 0.6) is 5.75 Å². The Bertz CT molecular complexity index is 488. The molecule has 1 fully saturated rings. The maximum atomic E-state index is 5.98. The first kappa shape index (κ1) is 19.1. The maximum Gasteiger partial charge on any atom is 0.123 e. The molecule has 2 heteroatoms. The molecule has 1 aliphatic heterocycles. The third kappa shape index (κ3) is 7.53. The number of hydrogen-bond donors (Lipinski definition) is 0. The van der Waals surface area contributed by atoms with E-state index in [9.17, 15) is 0 Å². The highest BCUT2D eigenvalue weighted by atomic mass is 16.6. The molecular weight excluding hydrogens is 296 g/mol. The zero-order valence-corrected chi connectivity index (χ0v) is 15.6. The third-order valence-corrected chi connectivity index (χ3v) is 4.70. The Labute approximate surface area is 148 Å². The molecule has 1 saturated heterocycles. The fourth-order valence-electron chi connectivity index (χ4n) is 2.92. The van der Waals surface area contributed by atoms with Crippen LogP contribution in [-0.2, 0) is 11.2 Å². The average Bonchev–Trinajstić information content (AvgIpc) is 3.33. The van der Waals surface area contributed by atoms with Gasteiger partial charge in [-0.3, -0.25) is 0 Å². The van der Waals surface area contributed by atoms with Crippen molar-refractivity contribution in [1.29, 1.82) is 0 Å². The Morgan fingerprint density at radius 2 is 1.71 bits per heavy atom. The highest BCUT2D eigenvalue weighted by Gasteiger charge is 2.40. The van der Waals surface area contributed by atoms with E-state index in [0.717, 1.165) is 18.8 Å². The molecule has 1 atom stereocenters. The van der Waals surface area contributed by atoms with Crippen LogP contribution in [0.2, 0.25) is 0 Å². The van der Waals surface area contributed by atoms with Gasteiger partial charge in [-0.05, 0) is 51.2 Å². The average molecular weight is 331 g/mol. The molecule has 1 heterocycles. The summed E-state index contributed by atoms with van der Waals surface area (Å²) in [6.45, 7) is 5.69. The minimum atomic E-state index is -0.0416. The van der Waals surface area contributed by atoms with Gasteiger partial charge in [-0.2, -0.15) is 0 Å². The highest BCUT2D eigenvalue weighted by molar-refractivity contribution is 5.33. The molecule has 1 aromatic rings. The van der Waals surface area contributed by atoms with Gasteiger partial charge in [-0.1, -0.05) is 62.5 Å². The Hall–Kier alpha value is -1.28. The summed E-state index contributed by atoms with van der Waals surface area (Å²) >= 11 is 0. The van der Waals surface area contributed by atoms with E-state index in [-0.39, 0.29) is 5.60 Å². The quantitative estimate of drug-likeness (QED) is 0.248. The number of epoxide rings is 1. The normalized spacial score (nSPS) is 19.8. The van der Waals surface area contributed by atoms with Crippen molar-refractivity contribution in [2.24, 2.45) is 0 Å². The molecular formula is C22H34O2. The lowest BCUT2D eigenvalue weighted by atomic mass is 10.0. The SMILES string of the molecule is C/C=C/CCCCCCCCCc1ccccc1OCC1(C)CO1. The fourth-order valence-corrected chi connectivity index (χ4v) is 2.92. The van der Waals surface area contributed by atoms with E-state index in [1.807, 2.05) is 0 Å². The van der Waals surface area contributed by atoms with Gasteiger partial charge in [0.05, 0.1) is 6.61 Å². The van der Waals surface area contributed by atoms with Crippen molar-refractivity contribution in [3.05, 3.63) is 42.0 Å². The molecule has 2 rings (SSSR count). The number of ether oxygens (including phenoxy) is 2. The Balaban J connectivity index is 1.55. The van der Waals surface area contributed by atoms with E-state index in [0.29, 0.717) is 6.61 Å². The number of rotatable bonds is 13. The molecule has 0 bridgehead atoms. The van der Waals surface area contributed by atoms with E-state index in [1.54, 1.807) is 0 Å². The number of unbranched alkanes of at least 4 members (excludes halogenated alkanes) is 7. The third-order valence-electron chi connectivity index (χ3n) is 4.70. The van der Waals surface area contributed by atoms with Gasteiger partial charge < -0.3 is 9.47 Å². The molecule has 1 aromatic carbocycles. The van der Waals surface area contributed by atoms with Gasteiger partial charge in [0.15, 0.2) is 0 Å². The molecule has 1 aliphatic rings. The first-order valence-corrected chi connectivity index (χ1v) is 9.69. The Morgan fingerprint density at radius 1 is 1.04 bits per heavy atom. The monoisotopic (exact) mass is 330 g/mol. The van der Waals surface area contributed by atoms with Gasteiger partial charge in [0, 0.05) is 0 Å². The van der Waals surface area contributed by atoms with Crippen LogP contribution in [0.25, 0.3) is 0 Å². The molecule has 0 spiro atoms. The first-order valence-electron chi connectivity index (χ1n) is 9.69. The highest BCUT2D eigenvalue weighted by Crippen LogP contribution is 2.28.